The molecule has 0 amide bonds. The summed E-state index contributed by atoms with van der Waals surface area (Å²) >= 11 is 0. The van der Waals surface area contributed by atoms with E-state index in [1.165, 1.54) is 45.2 Å². The van der Waals surface area contributed by atoms with Crippen molar-refractivity contribution in [1.82, 2.24) is 10.2 Å². The van der Waals surface area contributed by atoms with E-state index in [1.807, 2.05) is 6.92 Å². The lowest BCUT2D eigenvalue weighted by Crippen LogP contribution is -2.44. The number of nitrogens with zero attached hydrogens (tertiary/aromatic N) is 2. The highest BCUT2D eigenvalue weighted by Crippen LogP contribution is 2.14. The summed E-state index contributed by atoms with van der Waals surface area (Å²) in [7, 11) is 0. The number of hydrogen-bond donors (Lipinski definition) is 1. The highest BCUT2D eigenvalue weighted by molar-refractivity contribution is 5.03. The summed E-state index contributed by atoms with van der Waals surface area (Å²) in [4.78, 5) is 2.54. The molecular weight excluding hydrogens is 222 g/mol. The van der Waals surface area contributed by atoms with Gasteiger partial charge in [-0.2, -0.15) is 5.26 Å². The molecule has 0 saturated carbocycles. The standard InChI is InChI=1S/C15H29N3/c1-3-10-17-15(2,14-16)9-13-18-11-7-5-4-6-8-12-18/h17H,3-13H2,1-2H3. The second-order valence-corrected chi connectivity index (χ2v) is 5.73. The molecule has 1 saturated heterocycles. The molecule has 18 heavy (non-hydrogen) atoms. The maximum Gasteiger partial charge on any atom is 0.105 e. The topological polar surface area (TPSA) is 39.1 Å². The summed E-state index contributed by atoms with van der Waals surface area (Å²) in [5.41, 5.74) is -0.349. The molecule has 1 aliphatic heterocycles. The third-order valence-electron chi connectivity index (χ3n) is 3.89. The Bertz CT molecular complexity index is 251. The van der Waals surface area contributed by atoms with Gasteiger partial charge in [0.1, 0.15) is 5.54 Å². The molecule has 1 fully saturated rings. The number of nitriles is 1. The van der Waals surface area contributed by atoms with E-state index in [-0.39, 0.29) is 5.54 Å². The van der Waals surface area contributed by atoms with Crippen LogP contribution < -0.4 is 5.32 Å². The van der Waals surface area contributed by atoms with Crippen molar-refractivity contribution in [1.29, 1.82) is 5.26 Å². The van der Waals surface area contributed by atoms with Gasteiger partial charge in [0.2, 0.25) is 0 Å². The molecular formula is C15H29N3. The van der Waals surface area contributed by atoms with Gasteiger partial charge in [-0.05, 0) is 52.2 Å². The van der Waals surface area contributed by atoms with Crippen molar-refractivity contribution in [2.45, 2.75) is 64.3 Å². The maximum atomic E-state index is 9.31. The summed E-state index contributed by atoms with van der Waals surface area (Å²) in [6.07, 6.45) is 8.82. The lowest BCUT2D eigenvalue weighted by atomic mass is 9.98. The average Bonchev–Trinajstić information content (AvgIpc) is 2.35. The fourth-order valence-corrected chi connectivity index (χ4v) is 2.50. The molecule has 0 aromatic rings. The molecule has 0 aromatic heterocycles. The summed E-state index contributed by atoms with van der Waals surface area (Å²) in [5, 5.41) is 12.7. The highest BCUT2D eigenvalue weighted by Gasteiger charge is 2.23. The van der Waals surface area contributed by atoms with Gasteiger partial charge in [0.25, 0.3) is 0 Å². The molecule has 0 radical (unpaired) electrons. The highest BCUT2D eigenvalue weighted by atomic mass is 15.1. The Morgan fingerprint density at radius 3 is 2.33 bits per heavy atom. The van der Waals surface area contributed by atoms with E-state index in [0.29, 0.717) is 0 Å². The number of nitrogens with one attached hydrogen (secondary N) is 1. The van der Waals surface area contributed by atoms with Crippen molar-refractivity contribution < 1.29 is 0 Å². The van der Waals surface area contributed by atoms with E-state index in [1.54, 1.807) is 0 Å². The van der Waals surface area contributed by atoms with Crippen LogP contribution in [0.25, 0.3) is 0 Å². The first-order valence-corrected chi connectivity index (χ1v) is 7.59. The zero-order valence-corrected chi connectivity index (χ0v) is 12.2. The molecule has 1 heterocycles. The van der Waals surface area contributed by atoms with Crippen LogP contribution >= 0.6 is 0 Å². The van der Waals surface area contributed by atoms with Gasteiger partial charge in [0.15, 0.2) is 0 Å². The van der Waals surface area contributed by atoms with Gasteiger partial charge in [0, 0.05) is 6.54 Å². The Morgan fingerprint density at radius 2 is 1.78 bits per heavy atom. The summed E-state index contributed by atoms with van der Waals surface area (Å²) in [5.74, 6) is 0. The van der Waals surface area contributed by atoms with Crippen molar-refractivity contribution in [2.75, 3.05) is 26.2 Å². The molecule has 0 aromatic carbocycles. The predicted molar refractivity (Wildman–Crippen MR) is 76.5 cm³/mol. The van der Waals surface area contributed by atoms with Crippen molar-refractivity contribution in [2.24, 2.45) is 0 Å². The van der Waals surface area contributed by atoms with E-state index >= 15 is 0 Å². The van der Waals surface area contributed by atoms with Crippen LogP contribution in [0.15, 0.2) is 0 Å². The largest absolute Gasteiger partial charge is 0.303 e. The molecule has 0 spiro atoms. The van der Waals surface area contributed by atoms with Gasteiger partial charge in [-0.1, -0.05) is 26.2 Å². The minimum atomic E-state index is -0.349. The van der Waals surface area contributed by atoms with Gasteiger partial charge in [0.05, 0.1) is 6.07 Å². The number of likely N-dealkylation sites (tertiary alicyclic amines) is 1. The van der Waals surface area contributed by atoms with Gasteiger partial charge < -0.3 is 4.90 Å². The van der Waals surface area contributed by atoms with Crippen molar-refractivity contribution >= 4 is 0 Å². The fourth-order valence-electron chi connectivity index (χ4n) is 2.50. The van der Waals surface area contributed by atoms with E-state index in [4.69, 9.17) is 0 Å². The predicted octanol–water partition coefficient (Wildman–Crippen LogP) is 2.92. The Hall–Kier alpha value is -0.590. The van der Waals surface area contributed by atoms with Crippen molar-refractivity contribution in [3.8, 4) is 6.07 Å². The van der Waals surface area contributed by atoms with Crippen LogP contribution in [0.4, 0.5) is 0 Å². The normalized spacial score (nSPS) is 21.6. The fraction of sp³-hybridized carbons (Fsp3) is 0.933. The smallest absolute Gasteiger partial charge is 0.105 e. The Balaban J connectivity index is 2.33. The third kappa shape index (κ3) is 5.84. The average molecular weight is 251 g/mol. The van der Waals surface area contributed by atoms with Crippen LogP contribution in [-0.4, -0.2) is 36.6 Å². The summed E-state index contributed by atoms with van der Waals surface area (Å²) in [6, 6.07) is 2.44. The molecule has 0 bridgehead atoms. The van der Waals surface area contributed by atoms with Gasteiger partial charge in [-0.25, -0.2) is 0 Å². The van der Waals surface area contributed by atoms with Gasteiger partial charge in [-0.15, -0.1) is 0 Å². The second kappa shape index (κ2) is 8.50. The molecule has 1 N–H and O–H groups in total. The molecule has 104 valence electrons. The minimum absolute atomic E-state index is 0.349. The second-order valence-electron chi connectivity index (χ2n) is 5.73. The van der Waals surface area contributed by atoms with Crippen molar-refractivity contribution in [3.05, 3.63) is 0 Å². The third-order valence-corrected chi connectivity index (χ3v) is 3.89. The molecule has 3 nitrogen and oxygen atoms in total. The number of rotatable bonds is 6. The Morgan fingerprint density at radius 1 is 1.17 bits per heavy atom. The molecule has 1 unspecified atom stereocenters. The molecule has 0 aliphatic carbocycles. The van der Waals surface area contributed by atoms with E-state index in [0.717, 1.165) is 25.9 Å². The lowest BCUT2D eigenvalue weighted by Gasteiger charge is -2.29. The quantitative estimate of drug-likeness (QED) is 0.789. The van der Waals surface area contributed by atoms with Crippen LogP contribution in [0.5, 0.6) is 0 Å². The SMILES string of the molecule is CCCNC(C)(C#N)CCN1CCCCCCC1. The first-order chi connectivity index (χ1) is 8.70. The zero-order chi connectivity index (χ0) is 13.3. The monoisotopic (exact) mass is 251 g/mol. The van der Waals surface area contributed by atoms with Gasteiger partial charge >= 0.3 is 0 Å². The molecule has 3 heteroatoms. The van der Waals surface area contributed by atoms with Crippen molar-refractivity contribution in [3.63, 3.8) is 0 Å². The molecule has 1 aliphatic rings. The molecule has 1 rings (SSSR count). The minimum Gasteiger partial charge on any atom is -0.303 e. The maximum absolute atomic E-state index is 9.31. The van der Waals surface area contributed by atoms with E-state index < -0.39 is 0 Å². The number of hydrogen-bond acceptors (Lipinski definition) is 3. The first kappa shape index (κ1) is 15.5. The van der Waals surface area contributed by atoms with Crippen LogP contribution in [0, 0.1) is 11.3 Å². The summed E-state index contributed by atoms with van der Waals surface area (Å²) in [6.45, 7) is 8.60. The van der Waals surface area contributed by atoms with Crippen LogP contribution in [0.1, 0.15) is 58.8 Å². The van der Waals surface area contributed by atoms with Crippen LogP contribution in [0.3, 0.4) is 0 Å². The summed E-state index contributed by atoms with van der Waals surface area (Å²) < 4.78 is 0. The van der Waals surface area contributed by atoms with E-state index in [9.17, 15) is 5.26 Å². The van der Waals surface area contributed by atoms with Crippen LogP contribution in [-0.2, 0) is 0 Å². The molecule has 1 atom stereocenters. The van der Waals surface area contributed by atoms with Gasteiger partial charge in [-0.3, -0.25) is 5.32 Å². The Labute approximate surface area is 113 Å². The zero-order valence-electron chi connectivity index (χ0n) is 12.2. The van der Waals surface area contributed by atoms with E-state index in [2.05, 4.69) is 23.2 Å². The first-order valence-electron chi connectivity index (χ1n) is 7.59. The Kier molecular flexibility index (Phi) is 7.31. The lowest BCUT2D eigenvalue weighted by molar-refractivity contribution is 0.225. The van der Waals surface area contributed by atoms with Crippen LogP contribution in [0.2, 0.25) is 0 Å².